The fourth-order valence-electron chi connectivity index (χ4n) is 1.70. The molecule has 14 heavy (non-hydrogen) atoms. The van der Waals surface area contributed by atoms with E-state index in [0.29, 0.717) is 13.1 Å². The Morgan fingerprint density at radius 2 is 1.79 bits per heavy atom. The highest BCUT2D eigenvalue weighted by Crippen LogP contribution is 2.23. The molecule has 0 radical (unpaired) electrons. The Morgan fingerprint density at radius 3 is 2.14 bits per heavy atom. The standard InChI is InChI=1S/C10H22N2O2/c1-7(11)10(2,3)6-12-4-8(13)9(14)5-12/h7-9,13-14H,4-6,11H2,1-3H3. The van der Waals surface area contributed by atoms with E-state index in [2.05, 4.69) is 18.7 Å². The minimum absolute atomic E-state index is 0.0176. The average Bonchev–Trinajstić information content (AvgIpc) is 2.29. The third kappa shape index (κ3) is 2.67. The normalized spacial score (nSPS) is 32.1. The van der Waals surface area contributed by atoms with Crippen LogP contribution in [0.5, 0.6) is 0 Å². The van der Waals surface area contributed by atoms with E-state index in [4.69, 9.17) is 5.73 Å². The number of aliphatic hydroxyl groups excluding tert-OH is 2. The van der Waals surface area contributed by atoms with Gasteiger partial charge in [-0.1, -0.05) is 13.8 Å². The first kappa shape index (κ1) is 11.9. The van der Waals surface area contributed by atoms with Gasteiger partial charge < -0.3 is 15.9 Å². The molecule has 4 nitrogen and oxygen atoms in total. The van der Waals surface area contributed by atoms with Gasteiger partial charge in [-0.05, 0) is 12.3 Å². The van der Waals surface area contributed by atoms with E-state index in [9.17, 15) is 10.2 Å². The number of nitrogens with two attached hydrogens (primary N) is 1. The van der Waals surface area contributed by atoms with E-state index in [1.165, 1.54) is 0 Å². The van der Waals surface area contributed by atoms with Gasteiger partial charge in [-0.3, -0.25) is 4.90 Å². The highest BCUT2D eigenvalue weighted by atomic mass is 16.3. The molecule has 4 N–H and O–H groups in total. The molecular weight excluding hydrogens is 180 g/mol. The lowest BCUT2D eigenvalue weighted by molar-refractivity contribution is 0.0572. The molecule has 3 atom stereocenters. The maximum absolute atomic E-state index is 9.38. The van der Waals surface area contributed by atoms with Crippen LogP contribution in [0.2, 0.25) is 0 Å². The van der Waals surface area contributed by atoms with Crippen LogP contribution in [0.4, 0.5) is 0 Å². The zero-order chi connectivity index (χ0) is 10.9. The third-order valence-electron chi connectivity index (χ3n) is 3.20. The van der Waals surface area contributed by atoms with Gasteiger partial charge in [0.25, 0.3) is 0 Å². The van der Waals surface area contributed by atoms with Gasteiger partial charge in [0, 0.05) is 25.7 Å². The van der Waals surface area contributed by atoms with Gasteiger partial charge in [0.1, 0.15) is 0 Å². The lowest BCUT2D eigenvalue weighted by atomic mass is 9.85. The van der Waals surface area contributed by atoms with E-state index in [0.717, 1.165) is 6.54 Å². The summed E-state index contributed by atoms with van der Waals surface area (Å²) >= 11 is 0. The molecule has 1 fully saturated rings. The van der Waals surface area contributed by atoms with E-state index < -0.39 is 12.2 Å². The molecule has 0 saturated carbocycles. The second kappa shape index (κ2) is 4.14. The largest absolute Gasteiger partial charge is 0.389 e. The van der Waals surface area contributed by atoms with Crippen LogP contribution in [-0.4, -0.2) is 53.0 Å². The molecule has 0 aromatic carbocycles. The van der Waals surface area contributed by atoms with Crippen LogP contribution < -0.4 is 5.73 Å². The summed E-state index contributed by atoms with van der Waals surface area (Å²) in [7, 11) is 0. The quantitative estimate of drug-likeness (QED) is 0.571. The molecule has 0 aromatic rings. The Labute approximate surface area is 85.7 Å². The van der Waals surface area contributed by atoms with Crippen molar-refractivity contribution in [2.75, 3.05) is 19.6 Å². The fourth-order valence-corrected chi connectivity index (χ4v) is 1.70. The number of aliphatic hydroxyl groups is 2. The molecule has 1 saturated heterocycles. The topological polar surface area (TPSA) is 69.7 Å². The van der Waals surface area contributed by atoms with E-state index in [-0.39, 0.29) is 11.5 Å². The van der Waals surface area contributed by atoms with Crippen LogP contribution >= 0.6 is 0 Å². The summed E-state index contributed by atoms with van der Waals surface area (Å²) in [5.74, 6) is 0. The lowest BCUT2D eigenvalue weighted by Gasteiger charge is -2.33. The van der Waals surface area contributed by atoms with Crippen LogP contribution in [0, 0.1) is 5.41 Å². The molecule has 4 heteroatoms. The first-order chi connectivity index (χ1) is 6.33. The first-order valence-corrected chi connectivity index (χ1v) is 5.17. The molecule has 84 valence electrons. The predicted octanol–water partition coefficient (Wildman–Crippen LogP) is -0.603. The van der Waals surface area contributed by atoms with Crippen molar-refractivity contribution in [3.8, 4) is 0 Å². The Balaban J connectivity index is 2.46. The molecule has 0 spiro atoms. The molecule has 0 aliphatic carbocycles. The van der Waals surface area contributed by atoms with Crippen molar-refractivity contribution in [1.29, 1.82) is 0 Å². The van der Waals surface area contributed by atoms with Crippen molar-refractivity contribution < 1.29 is 10.2 Å². The summed E-state index contributed by atoms with van der Waals surface area (Å²) in [6, 6.07) is 0.109. The smallest absolute Gasteiger partial charge is 0.0938 e. The molecule has 0 bridgehead atoms. The van der Waals surface area contributed by atoms with Crippen molar-refractivity contribution in [2.45, 2.75) is 39.0 Å². The summed E-state index contributed by atoms with van der Waals surface area (Å²) < 4.78 is 0. The number of hydrogen-bond acceptors (Lipinski definition) is 4. The molecule has 0 aromatic heterocycles. The van der Waals surface area contributed by atoms with Crippen LogP contribution in [0.3, 0.4) is 0 Å². The van der Waals surface area contributed by atoms with Gasteiger partial charge in [0.2, 0.25) is 0 Å². The number of rotatable bonds is 3. The summed E-state index contributed by atoms with van der Waals surface area (Å²) in [6.45, 7) is 8.12. The maximum atomic E-state index is 9.38. The van der Waals surface area contributed by atoms with Gasteiger partial charge in [0.05, 0.1) is 12.2 Å². The summed E-state index contributed by atoms with van der Waals surface area (Å²) in [5, 5.41) is 18.8. The molecule has 0 amide bonds. The summed E-state index contributed by atoms with van der Waals surface area (Å²) in [5.41, 5.74) is 5.88. The van der Waals surface area contributed by atoms with E-state index >= 15 is 0 Å². The second-order valence-electron chi connectivity index (χ2n) is 5.11. The molecule has 3 unspecified atom stereocenters. The fraction of sp³-hybridized carbons (Fsp3) is 1.00. The van der Waals surface area contributed by atoms with Crippen LogP contribution in [0.15, 0.2) is 0 Å². The first-order valence-electron chi connectivity index (χ1n) is 5.17. The van der Waals surface area contributed by atoms with Crippen LogP contribution in [0.1, 0.15) is 20.8 Å². The van der Waals surface area contributed by atoms with Crippen molar-refractivity contribution in [2.24, 2.45) is 11.1 Å². The van der Waals surface area contributed by atoms with Crippen molar-refractivity contribution in [1.82, 2.24) is 4.90 Å². The minimum atomic E-state index is -0.598. The monoisotopic (exact) mass is 202 g/mol. The number of likely N-dealkylation sites (tertiary alicyclic amines) is 1. The summed E-state index contributed by atoms with van der Waals surface area (Å²) in [6.07, 6.45) is -1.20. The number of nitrogens with zero attached hydrogens (tertiary/aromatic N) is 1. The average molecular weight is 202 g/mol. The van der Waals surface area contributed by atoms with Gasteiger partial charge in [-0.2, -0.15) is 0 Å². The zero-order valence-corrected chi connectivity index (χ0v) is 9.27. The molecular formula is C10H22N2O2. The number of hydrogen-bond donors (Lipinski definition) is 3. The highest BCUT2D eigenvalue weighted by molar-refractivity contribution is 4.88. The Morgan fingerprint density at radius 1 is 1.36 bits per heavy atom. The van der Waals surface area contributed by atoms with Gasteiger partial charge in [-0.15, -0.1) is 0 Å². The van der Waals surface area contributed by atoms with Gasteiger partial charge >= 0.3 is 0 Å². The Hall–Kier alpha value is -0.160. The lowest BCUT2D eigenvalue weighted by Crippen LogP contribution is -2.43. The maximum Gasteiger partial charge on any atom is 0.0938 e. The van der Waals surface area contributed by atoms with Crippen LogP contribution in [-0.2, 0) is 0 Å². The molecule has 1 rings (SSSR count). The molecule has 1 aliphatic rings. The molecule has 1 heterocycles. The summed E-state index contributed by atoms with van der Waals surface area (Å²) in [4.78, 5) is 2.07. The van der Waals surface area contributed by atoms with Gasteiger partial charge in [-0.25, -0.2) is 0 Å². The van der Waals surface area contributed by atoms with E-state index in [1.807, 2.05) is 6.92 Å². The van der Waals surface area contributed by atoms with Crippen LogP contribution in [0.25, 0.3) is 0 Å². The predicted molar refractivity (Wildman–Crippen MR) is 55.9 cm³/mol. The highest BCUT2D eigenvalue weighted by Gasteiger charge is 2.34. The molecule has 1 aliphatic heterocycles. The Bertz CT molecular complexity index is 185. The SMILES string of the molecule is CC(N)C(C)(C)CN1CC(O)C(O)C1. The Kier molecular flexibility index (Phi) is 3.53. The minimum Gasteiger partial charge on any atom is -0.389 e. The van der Waals surface area contributed by atoms with Crippen molar-refractivity contribution in [3.05, 3.63) is 0 Å². The number of β-amino-alcohol motifs (C(OH)–C–C–N with tert-alkyl or cyclic N) is 2. The second-order valence-corrected chi connectivity index (χ2v) is 5.11. The van der Waals surface area contributed by atoms with Crippen molar-refractivity contribution in [3.63, 3.8) is 0 Å². The zero-order valence-electron chi connectivity index (χ0n) is 9.27. The third-order valence-corrected chi connectivity index (χ3v) is 3.20. The van der Waals surface area contributed by atoms with Crippen molar-refractivity contribution >= 4 is 0 Å². The van der Waals surface area contributed by atoms with E-state index in [1.54, 1.807) is 0 Å². The van der Waals surface area contributed by atoms with Gasteiger partial charge in [0.15, 0.2) is 0 Å².